The van der Waals surface area contributed by atoms with Crippen molar-refractivity contribution in [2.24, 2.45) is 0 Å². The average molecular weight is 298 g/mol. The second kappa shape index (κ2) is 4.52. The van der Waals surface area contributed by atoms with Crippen molar-refractivity contribution < 1.29 is 0 Å². The first kappa shape index (κ1) is 11.6. The van der Waals surface area contributed by atoms with Gasteiger partial charge in [0.05, 0.1) is 5.02 Å². The molecular weight excluding hydrogens is 288 g/mol. The van der Waals surface area contributed by atoms with Gasteiger partial charge in [-0.25, -0.2) is 9.97 Å². The molecule has 1 heterocycles. The molecule has 2 aromatic rings. The predicted molar refractivity (Wildman–Crippen MR) is 69.7 cm³/mol. The van der Waals surface area contributed by atoms with E-state index in [2.05, 4.69) is 25.9 Å². The van der Waals surface area contributed by atoms with Crippen molar-refractivity contribution >= 4 is 27.5 Å². The summed E-state index contributed by atoms with van der Waals surface area (Å²) >= 11 is 9.53. The SMILES string of the molecule is Cc1nc(-c2ccccc2Cl)nc(Br)c1C. The standard InChI is InChI=1S/C12H10BrClN2/c1-7-8(2)15-12(16-11(7)13)9-5-3-4-6-10(9)14/h3-6H,1-2H3. The number of nitrogens with zero attached hydrogens (tertiary/aromatic N) is 2. The summed E-state index contributed by atoms with van der Waals surface area (Å²) in [6, 6.07) is 7.57. The van der Waals surface area contributed by atoms with Crippen molar-refractivity contribution in [3.05, 3.63) is 45.1 Å². The van der Waals surface area contributed by atoms with E-state index in [4.69, 9.17) is 11.6 Å². The first-order valence-electron chi connectivity index (χ1n) is 4.85. The fourth-order valence-corrected chi connectivity index (χ4v) is 2.03. The van der Waals surface area contributed by atoms with Crippen molar-refractivity contribution in [3.63, 3.8) is 0 Å². The molecule has 0 atom stereocenters. The minimum absolute atomic E-state index is 0.653. The van der Waals surface area contributed by atoms with Crippen molar-refractivity contribution in [1.29, 1.82) is 0 Å². The summed E-state index contributed by atoms with van der Waals surface area (Å²) in [6.45, 7) is 3.94. The topological polar surface area (TPSA) is 25.8 Å². The molecule has 2 nitrogen and oxygen atoms in total. The quantitative estimate of drug-likeness (QED) is 0.738. The molecule has 16 heavy (non-hydrogen) atoms. The molecule has 82 valence electrons. The van der Waals surface area contributed by atoms with Gasteiger partial charge in [-0.2, -0.15) is 0 Å². The van der Waals surface area contributed by atoms with Gasteiger partial charge in [0, 0.05) is 16.8 Å². The summed E-state index contributed by atoms with van der Waals surface area (Å²) in [6.07, 6.45) is 0. The number of rotatable bonds is 1. The molecule has 0 saturated carbocycles. The maximum atomic E-state index is 6.11. The monoisotopic (exact) mass is 296 g/mol. The van der Waals surface area contributed by atoms with Crippen LogP contribution in [-0.4, -0.2) is 9.97 Å². The highest BCUT2D eigenvalue weighted by Gasteiger charge is 2.09. The molecule has 0 N–H and O–H groups in total. The molecule has 1 aromatic carbocycles. The van der Waals surface area contributed by atoms with Crippen LogP contribution in [0.2, 0.25) is 5.02 Å². The first-order valence-corrected chi connectivity index (χ1v) is 6.02. The normalized spacial score (nSPS) is 10.5. The zero-order valence-electron chi connectivity index (χ0n) is 8.96. The lowest BCUT2D eigenvalue weighted by Crippen LogP contribution is -1.97. The van der Waals surface area contributed by atoms with Gasteiger partial charge in [-0.1, -0.05) is 23.7 Å². The fraction of sp³-hybridized carbons (Fsp3) is 0.167. The van der Waals surface area contributed by atoms with E-state index in [1.807, 2.05) is 38.1 Å². The Balaban J connectivity index is 2.62. The summed E-state index contributed by atoms with van der Waals surface area (Å²) in [5, 5.41) is 0.664. The van der Waals surface area contributed by atoms with E-state index in [9.17, 15) is 0 Å². The average Bonchev–Trinajstić information content (AvgIpc) is 2.26. The zero-order valence-corrected chi connectivity index (χ0v) is 11.3. The summed E-state index contributed by atoms with van der Waals surface area (Å²) in [4.78, 5) is 8.82. The van der Waals surface area contributed by atoms with E-state index in [1.54, 1.807) is 0 Å². The minimum Gasteiger partial charge on any atom is -0.233 e. The van der Waals surface area contributed by atoms with E-state index in [1.165, 1.54) is 0 Å². The maximum Gasteiger partial charge on any atom is 0.162 e. The van der Waals surface area contributed by atoms with E-state index >= 15 is 0 Å². The molecule has 0 unspecified atom stereocenters. The molecule has 0 radical (unpaired) electrons. The van der Waals surface area contributed by atoms with Crippen LogP contribution in [0, 0.1) is 13.8 Å². The largest absolute Gasteiger partial charge is 0.233 e. The molecule has 0 spiro atoms. The summed E-state index contributed by atoms with van der Waals surface area (Å²) in [5.41, 5.74) is 2.86. The Morgan fingerprint density at radius 2 is 1.81 bits per heavy atom. The number of aryl methyl sites for hydroxylation is 1. The van der Waals surface area contributed by atoms with E-state index < -0.39 is 0 Å². The summed E-state index contributed by atoms with van der Waals surface area (Å²) in [7, 11) is 0. The molecule has 0 bridgehead atoms. The Labute approximate surface area is 108 Å². The van der Waals surface area contributed by atoms with E-state index in [0.717, 1.165) is 21.4 Å². The van der Waals surface area contributed by atoms with Gasteiger partial charge in [-0.05, 0) is 41.9 Å². The first-order chi connectivity index (χ1) is 7.59. The second-order valence-electron chi connectivity index (χ2n) is 3.53. The zero-order chi connectivity index (χ0) is 11.7. The van der Waals surface area contributed by atoms with Gasteiger partial charge in [0.25, 0.3) is 0 Å². The third-order valence-corrected chi connectivity index (χ3v) is 3.55. The van der Waals surface area contributed by atoms with Crippen LogP contribution in [0.15, 0.2) is 28.9 Å². The lowest BCUT2D eigenvalue weighted by Gasteiger charge is -2.07. The van der Waals surface area contributed by atoms with E-state index in [-0.39, 0.29) is 0 Å². The van der Waals surface area contributed by atoms with E-state index in [0.29, 0.717) is 10.8 Å². The molecule has 4 heteroatoms. The second-order valence-corrected chi connectivity index (χ2v) is 4.69. The van der Waals surface area contributed by atoms with Gasteiger partial charge in [0.1, 0.15) is 4.60 Å². The van der Waals surface area contributed by atoms with Crippen LogP contribution in [0.4, 0.5) is 0 Å². The smallest absolute Gasteiger partial charge is 0.162 e. The molecular formula is C12H10BrClN2. The molecule has 0 aliphatic heterocycles. The van der Waals surface area contributed by atoms with Crippen molar-refractivity contribution in [3.8, 4) is 11.4 Å². The van der Waals surface area contributed by atoms with Crippen molar-refractivity contribution in [2.45, 2.75) is 13.8 Å². The van der Waals surface area contributed by atoms with Gasteiger partial charge in [-0.15, -0.1) is 0 Å². The lowest BCUT2D eigenvalue weighted by molar-refractivity contribution is 1.05. The Hall–Kier alpha value is -0.930. The van der Waals surface area contributed by atoms with Crippen molar-refractivity contribution in [1.82, 2.24) is 9.97 Å². The third kappa shape index (κ3) is 2.11. The molecule has 0 aliphatic carbocycles. The van der Waals surface area contributed by atoms with Gasteiger partial charge in [0.15, 0.2) is 5.82 Å². The third-order valence-electron chi connectivity index (χ3n) is 2.44. The Morgan fingerprint density at radius 1 is 1.12 bits per heavy atom. The van der Waals surface area contributed by atoms with Crippen LogP contribution in [0.1, 0.15) is 11.3 Å². The molecule has 0 amide bonds. The summed E-state index contributed by atoms with van der Waals surface area (Å²) < 4.78 is 0.815. The Kier molecular flexibility index (Phi) is 3.26. The summed E-state index contributed by atoms with van der Waals surface area (Å²) in [5.74, 6) is 0.653. The Bertz CT molecular complexity index is 517. The number of hydrogen-bond acceptors (Lipinski definition) is 2. The van der Waals surface area contributed by atoms with Crippen LogP contribution in [-0.2, 0) is 0 Å². The maximum absolute atomic E-state index is 6.11. The van der Waals surface area contributed by atoms with Gasteiger partial charge < -0.3 is 0 Å². The molecule has 0 aliphatic rings. The van der Waals surface area contributed by atoms with Crippen LogP contribution >= 0.6 is 27.5 Å². The number of halogens is 2. The highest BCUT2D eigenvalue weighted by Crippen LogP contribution is 2.27. The highest BCUT2D eigenvalue weighted by molar-refractivity contribution is 9.10. The van der Waals surface area contributed by atoms with Crippen LogP contribution < -0.4 is 0 Å². The minimum atomic E-state index is 0.653. The number of hydrogen-bond donors (Lipinski definition) is 0. The van der Waals surface area contributed by atoms with Gasteiger partial charge in [0.2, 0.25) is 0 Å². The van der Waals surface area contributed by atoms with Crippen molar-refractivity contribution in [2.75, 3.05) is 0 Å². The molecule has 2 rings (SSSR count). The fourth-order valence-electron chi connectivity index (χ4n) is 1.36. The molecule has 0 fully saturated rings. The van der Waals surface area contributed by atoms with Gasteiger partial charge in [-0.3, -0.25) is 0 Å². The van der Waals surface area contributed by atoms with Gasteiger partial charge >= 0.3 is 0 Å². The Morgan fingerprint density at radius 3 is 2.44 bits per heavy atom. The molecule has 0 saturated heterocycles. The lowest BCUT2D eigenvalue weighted by atomic mass is 10.2. The van der Waals surface area contributed by atoms with Crippen LogP contribution in [0.25, 0.3) is 11.4 Å². The van der Waals surface area contributed by atoms with Crippen LogP contribution in [0.5, 0.6) is 0 Å². The highest BCUT2D eigenvalue weighted by atomic mass is 79.9. The number of aromatic nitrogens is 2. The molecule has 1 aromatic heterocycles. The predicted octanol–water partition coefficient (Wildman–Crippen LogP) is 4.18. The van der Waals surface area contributed by atoms with Crippen LogP contribution in [0.3, 0.4) is 0 Å². The number of benzene rings is 1.